The number of benzene rings is 1. The fourth-order valence-electron chi connectivity index (χ4n) is 2.18. The first kappa shape index (κ1) is 14.2. The number of nitrogens with zero attached hydrogens (tertiary/aromatic N) is 2. The van der Waals surface area contributed by atoms with Crippen molar-refractivity contribution in [1.29, 1.82) is 0 Å². The van der Waals surface area contributed by atoms with E-state index in [0.29, 0.717) is 38.0 Å². The van der Waals surface area contributed by atoms with Gasteiger partial charge in [-0.3, -0.25) is 14.4 Å². The van der Waals surface area contributed by atoms with Crippen molar-refractivity contribution in [2.75, 3.05) is 26.7 Å². The maximum absolute atomic E-state index is 11.9. The van der Waals surface area contributed by atoms with E-state index in [1.807, 2.05) is 18.2 Å². The minimum atomic E-state index is -0.467. The SMILES string of the molecule is CN1CCN(CCCC(=O)c2ccccc2)C(=O)C1=O. The van der Waals surface area contributed by atoms with Gasteiger partial charge in [-0.2, -0.15) is 0 Å². The molecule has 0 unspecified atom stereocenters. The molecule has 0 bridgehead atoms. The Labute approximate surface area is 118 Å². The van der Waals surface area contributed by atoms with Gasteiger partial charge >= 0.3 is 11.8 Å². The molecule has 106 valence electrons. The van der Waals surface area contributed by atoms with Crippen LogP contribution in [0, 0.1) is 0 Å². The summed E-state index contributed by atoms with van der Waals surface area (Å²) in [5, 5.41) is 0. The van der Waals surface area contributed by atoms with Crippen molar-refractivity contribution in [1.82, 2.24) is 9.80 Å². The molecule has 0 radical (unpaired) electrons. The summed E-state index contributed by atoms with van der Waals surface area (Å²) in [6, 6.07) is 9.09. The number of ketones is 1. The second kappa shape index (κ2) is 6.32. The highest BCUT2D eigenvalue weighted by Crippen LogP contribution is 2.08. The molecule has 5 nitrogen and oxygen atoms in total. The Morgan fingerprint density at radius 1 is 1.10 bits per heavy atom. The number of rotatable bonds is 5. The molecule has 1 aromatic rings. The molecule has 2 amide bonds. The molecule has 2 rings (SSSR count). The third-order valence-electron chi connectivity index (χ3n) is 3.45. The first-order valence-electron chi connectivity index (χ1n) is 6.72. The maximum atomic E-state index is 11.9. The monoisotopic (exact) mass is 274 g/mol. The highest BCUT2D eigenvalue weighted by molar-refractivity contribution is 6.35. The van der Waals surface area contributed by atoms with Gasteiger partial charge in [0.05, 0.1) is 0 Å². The molecule has 0 atom stereocenters. The average Bonchev–Trinajstić information content (AvgIpc) is 2.48. The average molecular weight is 274 g/mol. The fourth-order valence-corrected chi connectivity index (χ4v) is 2.18. The van der Waals surface area contributed by atoms with E-state index >= 15 is 0 Å². The molecule has 1 heterocycles. The van der Waals surface area contributed by atoms with Crippen LogP contribution in [-0.4, -0.2) is 54.1 Å². The quantitative estimate of drug-likeness (QED) is 0.593. The molecule has 5 heteroatoms. The lowest BCUT2D eigenvalue weighted by molar-refractivity contribution is -0.154. The number of hydrogen-bond donors (Lipinski definition) is 0. The molecule has 1 aliphatic rings. The number of hydrogen-bond acceptors (Lipinski definition) is 3. The summed E-state index contributed by atoms with van der Waals surface area (Å²) in [5.41, 5.74) is 0.688. The number of carbonyl (C=O) groups is 3. The zero-order chi connectivity index (χ0) is 14.5. The standard InChI is InChI=1S/C15H18N2O3/c1-16-10-11-17(15(20)14(16)19)9-5-8-13(18)12-6-3-2-4-7-12/h2-4,6-7H,5,8-11H2,1H3. The molecule has 0 aromatic heterocycles. The molecule has 1 aliphatic heterocycles. The Morgan fingerprint density at radius 2 is 1.80 bits per heavy atom. The van der Waals surface area contributed by atoms with Crippen LogP contribution >= 0.6 is 0 Å². The summed E-state index contributed by atoms with van der Waals surface area (Å²) in [6.07, 6.45) is 0.967. The van der Waals surface area contributed by atoms with E-state index < -0.39 is 11.8 Å². The molecule has 0 spiro atoms. The van der Waals surface area contributed by atoms with Gasteiger partial charge in [0.1, 0.15) is 0 Å². The van der Waals surface area contributed by atoms with Crippen LogP contribution in [0.4, 0.5) is 0 Å². The predicted molar refractivity (Wildman–Crippen MR) is 74.2 cm³/mol. The fraction of sp³-hybridized carbons (Fsp3) is 0.400. The van der Waals surface area contributed by atoms with Crippen LogP contribution in [0.15, 0.2) is 30.3 Å². The van der Waals surface area contributed by atoms with Gasteiger partial charge in [-0.1, -0.05) is 30.3 Å². The van der Waals surface area contributed by atoms with Gasteiger partial charge in [0.2, 0.25) is 0 Å². The molecule has 0 aliphatic carbocycles. The van der Waals surface area contributed by atoms with Crippen LogP contribution in [0.3, 0.4) is 0 Å². The number of likely N-dealkylation sites (N-methyl/N-ethyl adjacent to an activating group) is 1. The van der Waals surface area contributed by atoms with E-state index in [0.717, 1.165) is 0 Å². The lowest BCUT2D eigenvalue weighted by atomic mass is 10.1. The number of piperazine rings is 1. The summed E-state index contributed by atoms with van der Waals surface area (Å²) < 4.78 is 0. The zero-order valence-corrected chi connectivity index (χ0v) is 11.5. The van der Waals surface area contributed by atoms with Gasteiger partial charge in [-0.25, -0.2) is 0 Å². The maximum Gasteiger partial charge on any atom is 0.312 e. The molecule has 1 aromatic carbocycles. The normalized spacial score (nSPS) is 15.7. The largest absolute Gasteiger partial charge is 0.336 e. The van der Waals surface area contributed by atoms with Crippen molar-refractivity contribution in [3.63, 3.8) is 0 Å². The minimum absolute atomic E-state index is 0.0681. The number of amides is 2. The molecule has 1 fully saturated rings. The second-order valence-corrected chi connectivity index (χ2v) is 4.91. The van der Waals surface area contributed by atoms with E-state index in [9.17, 15) is 14.4 Å². The highest BCUT2D eigenvalue weighted by atomic mass is 16.2. The van der Waals surface area contributed by atoms with Crippen LogP contribution < -0.4 is 0 Å². The molecule has 0 N–H and O–H groups in total. The Kier molecular flexibility index (Phi) is 4.50. The first-order valence-corrected chi connectivity index (χ1v) is 6.72. The van der Waals surface area contributed by atoms with Crippen LogP contribution in [0.2, 0.25) is 0 Å². The van der Waals surface area contributed by atoms with E-state index in [1.165, 1.54) is 9.80 Å². The Morgan fingerprint density at radius 3 is 2.50 bits per heavy atom. The number of Topliss-reactive ketones (excluding diaryl/α,β-unsaturated/α-hetero) is 1. The van der Waals surface area contributed by atoms with E-state index in [2.05, 4.69) is 0 Å². The second-order valence-electron chi connectivity index (χ2n) is 4.91. The van der Waals surface area contributed by atoms with Crippen LogP contribution in [0.5, 0.6) is 0 Å². The van der Waals surface area contributed by atoms with E-state index in [-0.39, 0.29) is 5.78 Å². The van der Waals surface area contributed by atoms with E-state index in [4.69, 9.17) is 0 Å². The smallest absolute Gasteiger partial charge is 0.312 e. The molecule has 1 saturated heterocycles. The predicted octanol–water partition coefficient (Wildman–Crippen LogP) is 0.950. The van der Waals surface area contributed by atoms with Gasteiger partial charge in [0.25, 0.3) is 0 Å². The lowest BCUT2D eigenvalue weighted by Gasteiger charge is -2.31. The van der Waals surface area contributed by atoms with Gasteiger partial charge in [0.15, 0.2) is 5.78 Å². The van der Waals surface area contributed by atoms with Crippen LogP contribution in [0.1, 0.15) is 23.2 Å². The van der Waals surface area contributed by atoms with Gasteiger partial charge in [-0.05, 0) is 6.42 Å². The summed E-state index contributed by atoms with van der Waals surface area (Å²) in [6.45, 7) is 1.55. The number of carbonyl (C=O) groups excluding carboxylic acids is 3. The topological polar surface area (TPSA) is 57.7 Å². The first-order chi connectivity index (χ1) is 9.59. The Balaban J connectivity index is 1.80. The molecule has 0 saturated carbocycles. The van der Waals surface area contributed by atoms with Gasteiger partial charge in [0, 0.05) is 38.7 Å². The van der Waals surface area contributed by atoms with E-state index in [1.54, 1.807) is 19.2 Å². The van der Waals surface area contributed by atoms with Crippen molar-refractivity contribution >= 4 is 17.6 Å². The third-order valence-corrected chi connectivity index (χ3v) is 3.45. The molecular weight excluding hydrogens is 256 g/mol. The van der Waals surface area contributed by atoms with Crippen molar-refractivity contribution in [2.45, 2.75) is 12.8 Å². The molecule has 20 heavy (non-hydrogen) atoms. The van der Waals surface area contributed by atoms with Gasteiger partial charge < -0.3 is 9.80 Å². The summed E-state index contributed by atoms with van der Waals surface area (Å²) in [4.78, 5) is 38.1. The van der Waals surface area contributed by atoms with Crippen molar-refractivity contribution < 1.29 is 14.4 Å². The van der Waals surface area contributed by atoms with Crippen molar-refractivity contribution in [3.8, 4) is 0 Å². The van der Waals surface area contributed by atoms with Crippen molar-refractivity contribution in [3.05, 3.63) is 35.9 Å². The minimum Gasteiger partial charge on any atom is -0.336 e. The third kappa shape index (κ3) is 3.23. The summed E-state index contributed by atoms with van der Waals surface area (Å²) >= 11 is 0. The van der Waals surface area contributed by atoms with Crippen LogP contribution in [0.25, 0.3) is 0 Å². The van der Waals surface area contributed by atoms with Gasteiger partial charge in [-0.15, -0.1) is 0 Å². The summed E-state index contributed by atoms with van der Waals surface area (Å²) in [5.74, 6) is -0.866. The Bertz CT molecular complexity index is 513. The lowest BCUT2D eigenvalue weighted by Crippen LogP contribution is -2.52. The van der Waals surface area contributed by atoms with Crippen LogP contribution in [-0.2, 0) is 9.59 Å². The summed E-state index contributed by atoms with van der Waals surface area (Å²) in [7, 11) is 1.62. The Hall–Kier alpha value is -2.17. The molecular formula is C15H18N2O3. The van der Waals surface area contributed by atoms with Crippen molar-refractivity contribution in [2.24, 2.45) is 0 Å². The highest BCUT2D eigenvalue weighted by Gasteiger charge is 2.29. The zero-order valence-electron chi connectivity index (χ0n) is 11.5.